The quantitative estimate of drug-likeness (QED) is 0.167. The van der Waals surface area contributed by atoms with Gasteiger partial charge in [0.05, 0.1) is 59.2 Å². The van der Waals surface area contributed by atoms with Gasteiger partial charge in [-0.1, -0.05) is 52.0 Å². The Hall–Kier alpha value is -5.36. The van der Waals surface area contributed by atoms with Crippen molar-refractivity contribution in [2.24, 2.45) is 0 Å². The molecular weight excluding hydrogens is 548 g/mol. The number of benzene rings is 4. The Morgan fingerprint density at radius 1 is 0.432 bits per heavy atom. The van der Waals surface area contributed by atoms with Crippen LogP contribution >= 0.6 is 0 Å². The smallest absolute Gasteiger partial charge is 0.114 e. The number of rotatable bonds is 8. The van der Waals surface area contributed by atoms with Gasteiger partial charge >= 0.3 is 0 Å². The molecule has 8 aromatic rings. The summed E-state index contributed by atoms with van der Waals surface area (Å²) in [7, 11) is 0. The van der Waals surface area contributed by atoms with Gasteiger partial charge in [0, 0.05) is 35.0 Å². The minimum atomic E-state index is 0.297. The summed E-state index contributed by atoms with van der Waals surface area (Å²) in [4.78, 5) is 4.44. The van der Waals surface area contributed by atoms with Crippen LogP contribution < -0.4 is 9.80 Å². The van der Waals surface area contributed by atoms with Gasteiger partial charge in [-0.25, -0.2) is 0 Å². The van der Waals surface area contributed by atoms with Crippen molar-refractivity contribution in [3.63, 3.8) is 0 Å². The summed E-state index contributed by atoms with van der Waals surface area (Å²) < 4.78 is 22.3. The molecule has 0 aliphatic heterocycles. The zero-order valence-electron chi connectivity index (χ0n) is 25.1. The fraction of sp³-hybridized carbons (Fsp3) is 0.158. The summed E-state index contributed by atoms with van der Waals surface area (Å²) in [5.41, 5.74) is 8.48. The number of anilines is 6. The lowest BCUT2D eigenvalue weighted by molar-refractivity contribution is 0.565. The second kappa shape index (κ2) is 10.1. The van der Waals surface area contributed by atoms with Gasteiger partial charge in [0.2, 0.25) is 0 Å². The van der Waals surface area contributed by atoms with Gasteiger partial charge in [-0.15, -0.1) is 0 Å². The lowest BCUT2D eigenvalue weighted by Crippen LogP contribution is -2.11. The van der Waals surface area contributed by atoms with Gasteiger partial charge in [0.25, 0.3) is 0 Å². The van der Waals surface area contributed by atoms with Crippen LogP contribution in [0.25, 0.3) is 32.3 Å². The van der Waals surface area contributed by atoms with Gasteiger partial charge in [0.15, 0.2) is 0 Å². The van der Waals surface area contributed by atoms with Crippen LogP contribution in [0.1, 0.15) is 50.7 Å². The van der Waals surface area contributed by atoms with Crippen molar-refractivity contribution < 1.29 is 17.7 Å². The van der Waals surface area contributed by atoms with Crippen molar-refractivity contribution in [1.82, 2.24) is 0 Å². The monoisotopic (exact) mass is 580 g/mol. The van der Waals surface area contributed by atoms with Crippen molar-refractivity contribution in [2.75, 3.05) is 9.80 Å². The molecule has 0 aliphatic carbocycles. The van der Waals surface area contributed by atoms with Crippen LogP contribution in [0.2, 0.25) is 0 Å². The molecular formula is C38H32N2O4. The van der Waals surface area contributed by atoms with Gasteiger partial charge in [-0.2, -0.15) is 0 Å². The molecule has 4 aromatic carbocycles. The summed E-state index contributed by atoms with van der Waals surface area (Å²) in [5, 5.41) is 7.36. The first kappa shape index (κ1) is 26.3. The predicted octanol–water partition coefficient (Wildman–Crippen LogP) is 12.1. The predicted molar refractivity (Wildman–Crippen MR) is 177 cm³/mol. The highest BCUT2D eigenvalue weighted by Crippen LogP contribution is 2.50. The van der Waals surface area contributed by atoms with E-state index in [9.17, 15) is 0 Å². The summed E-state index contributed by atoms with van der Waals surface area (Å²) in [6, 6.07) is 21.8. The Morgan fingerprint density at radius 2 is 0.750 bits per heavy atom. The minimum Gasteiger partial charge on any atom is -0.470 e. The SMILES string of the molecule is CC(C)c1cc(N(c2ccoc2)c2ccoc2)c2ccc3c(C(C)C)cc(N(c4ccoc4)c4ccoc4)c4ccc1c2c34. The molecule has 218 valence electrons. The van der Waals surface area contributed by atoms with Crippen molar-refractivity contribution in [2.45, 2.75) is 39.5 Å². The fourth-order valence-corrected chi connectivity index (χ4v) is 6.73. The molecule has 4 heterocycles. The molecule has 0 saturated carbocycles. The summed E-state index contributed by atoms with van der Waals surface area (Å²) in [6.45, 7) is 9.06. The Bertz CT molecular complexity index is 1950. The molecule has 0 amide bonds. The zero-order chi connectivity index (χ0) is 29.9. The molecule has 8 rings (SSSR count). The van der Waals surface area contributed by atoms with Crippen LogP contribution in [0.15, 0.2) is 128 Å². The fourth-order valence-electron chi connectivity index (χ4n) is 6.73. The number of hydrogen-bond acceptors (Lipinski definition) is 6. The van der Waals surface area contributed by atoms with E-state index in [0.717, 1.165) is 44.9 Å². The van der Waals surface area contributed by atoms with E-state index >= 15 is 0 Å². The lowest BCUT2D eigenvalue weighted by atomic mass is 9.84. The molecule has 0 atom stereocenters. The number of nitrogens with zero attached hydrogens (tertiary/aromatic N) is 2. The number of hydrogen-bond donors (Lipinski definition) is 0. The highest BCUT2D eigenvalue weighted by molar-refractivity contribution is 6.29. The van der Waals surface area contributed by atoms with Gasteiger partial charge in [-0.3, -0.25) is 0 Å². The topological polar surface area (TPSA) is 59.0 Å². The first-order chi connectivity index (χ1) is 21.5. The van der Waals surface area contributed by atoms with E-state index in [-0.39, 0.29) is 0 Å². The van der Waals surface area contributed by atoms with E-state index in [1.54, 1.807) is 50.1 Å². The Morgan fingerprint density at radius 3 is 1.02 bits per heavy atom. The normalized spacial score (nSPS) is 12.0. The van der Waals surface area contributed by atoms with E-state index < -0.39 is 0 Å². The molecule has 0 unspecified atom stereocenters. The highest BCUT2D eigenvalue weighted by Gasteiger charge is 2.26. The van der Waals surface area contributed by atoms with Gasteiger partial charge in [-0.05, 0) is 56.6 Å². The molecule has 4 aromatic heterocycles. The molecule has 0 bridgehead atoms. The summed E-state index contributed by atoms with van der Waals surface area (Å²) in [5.74, 6) is 0.595. The molecule has 0 radical (unpaired) electrons. The average Bonchev–Trinajstić information content (AvgIpc) is 3.86. The van der Waals surface area contributed by atoms with Crippen molar-refractivity contribution in [3.05, 3.63) is 122 Å². The van der Waals surface area contributed by atoms with Crippen molar-refractivity contribution in [1.29, 1.82) is 0 Å². The molecule has 6 nitrogen and oxygen atoms in total. The van der Waals surface area contributed by atoms with Gasteiger partial charge in [0.1, 0.15) is 25.1 Å². The molecule has 6 heteroatoms. The third-order valence-corrected chi connectivity index (χ3v) is 8.70. The molecule has 0 saturated heterocycles. The van der Waals surface area contributed by atoms with E-state index in [0.29, 0.717) is 11.8 Å². The Kier molecular flexibility index (Phi) is 6.05. The van der Waals surface area contributed by atoms with Gasteiger partial charge < -0.3 is 27.5 Å². The first-order valence-corrected chi connectivity index (χ1v) is 15.0. The van der Waals surface area contributed by atoms with Crippen molar-refractivity contribution in [3.8, 4) is 0 Å². The summed E-state index contributed by atoms with van der Waals surface area (Å²) >= 11 is 0. The van der Waals surface area contributed by atoms with E-state index in [4.69, 9.17) is 17.7 Å². The van der Waals surface area contributed by atoms with Crippen LogP contribution in [0.4, 0.5) is 34.1 Å². The van der Waals surface area contributed by atoms with E-state index in [1.807, 2.05) is 24.3 Å². The van der Waals surface area contributed by atoms with Crippen LogP contribution in [0.5, 0.6) is 0 Å². The summed E-state index contributed by atoms with van der Waals surface area (Å²) in [6.07, 6.45) is 14.0. The maximum atomic E-state index is 5.58. The second-order valence-corrected chi connectivity index (χ2v) is 11.9. The largest absolute Gasteiger partial charge is 0.470 e. The molecule has 0 spiro atoms. The molecule has 0 N–H and O–H groups in total. The van der Waals surface area contributed by atoms with Crippen LogP contribution in [-0.2, 0) is 0 Å². The molecule has 0 aliphatic rings. The molecule has 0 fully saturated rings. The lowest BCUT2D eigenvalue weighted by Gasteiger charge is -2.29. The third-order valence-electron chi connectivity index (χ3n) is 8.70. The van der Waals surface area contributed by atoms with Crippen LogP contribution in [-0.4, -0.2) is 0 Å². The second-order valence-electron chi connectivity index (χ2n) is 11.9. The number of furan rings is 4. The third kappa shape index (κ3) is 3.94. The van der Waals surface area contributed by atoms with E-state index in [2.05, 4.69) is 73.9 Å². The van der Waals surface area contributed by atoms with Crippen LogP contribution in [0, 0.1) is 0 Å². The molecule has 44 heavy (non-hydrogen) atoms. The Balaban J connectivity index is 1.53. The Labute approximate surface area is 255 Å². The van der Waals surface area contributed by atoms with Crippen LogP contribution in [0.3, 0.4) is 0 Å². The van der Waals surface area contributed by atoms with Crippen molar-refractivity contribution >= 4 is 66.4 Å². The standard InChI is InChI=1S/C38H32N2O4/c1-23(2)33-17-35(39(25-9-13-41-19-25)26-10-14-42-20-26)31-8-6-30-34(24(3)4)18-36(32-7-5-29(33)37(31)38(30)32)40(27-11-15-43-21-27)28-12-16-44-22-28/h5-24H,1-4H3. The highest BCUT2D eigenvalue weighted by atomic mass is 16.3. The van der Waals surface area contributed by atoms with E-state index in [1.165, 1.54) is 32.7 Å². The average molecular weight is 581 g/mol. The maximum absolute atomic E-state index is 5.58. The first-order valence-electron chi connectivity index (χ1n) is 15.0. The zero-order valence-corrected chi connectivity index (χ0v) is 25.1. The maximum Gasteiger partial charge on any atom is 0.114 e. The minimum absolute atomic E-state index is 0.297.